The topological polar surface area (TPSA) is 91.0 Å². The molecule has 0 unspecified atom stereocenters. The average Bonchev–Trinajstić information content (AvgIpc) is 3.45. The Labute approximate surface area is 258 Å². The van der Waals surface area contributed by atoms with Crippen molar-refractivity contribution in [3.05, 3.63) is 35.6 Å². The number of benzene rings is 1. The van der Waals surface area contributed by atoms with E-state index in [9.17, 15) is 18.8 Å². The van der Waals surface area contributed by atoms with E-state index >= 15 is 0 Å². The van der Waals surface area contributed by atoms with Gasteiger partial charge in [-0.15, -0.1) is 11.8 Å². The molecular formula is C31H47FN4O4S2. The normalized spacial score (nSPS) is 21.6. The van der Waals surface area contributed by atoms with Crippen LogP contribution in [-0.2, 0) is 20.9 Å². The smallest absolute Gasteiger partial charge is 0.411 e. The van der Waals surface area contributed by atoms with Gasteiger partial charge < -0.3 is 15.4 Å². The second kappa shape index (κ2) is 15.7. The van der Waals surface area contributed by atoms with Gasteiger partial charge in [0.2, 0.25) is 11.8 Å². The van der Waals surface area contributed by atoms with Gasteiger partial charge in [0.25, 0.3) is 0 Å². The minimum Gasteiger partial charge on any atom is -0.444 e. The standard InChI is InChI=1S/C31H47FN4O4S2/c1-31(2,3)40-30(39)36-21-42-20-27(36)29(38)34-26(19-41-18-23-7-5-4-6-8-23)28(37)33-25-13-15-35(16-14-25)17-22-9-11-24(32)12-10-22/h9-12,23,25-27H,4-8,13-21H2,1-3H3,(H,33,37)(H,34,38)/t26-,27-/m0/s1. The van der Waals surface area contributed by atoms with Gasteiger partial charge in [0, 0.05) is 37.2 Å². The van der Waals surface area contributed by atoms with E-state index in [1.165, 1.54) is 60.9 Å². The van der Waals surface area contributed by atoms with Gasteiger partial charge in [-0.05, 0) is 75.8 Å². The highest BCUT2D eigenvalue weighted by Crippen LogP contribution is 2.28. The zero-order chi connectivity index (χ0) is 30.1. The van der Waals surface area contributed by atoms with Gasteiger partial charge in [-0.1, -0.05) is 31.4 Å². The first kappa shape index (κ1) is 32.9. The first-order valence-electron chi connectivity index (χ1n) is 15.3. The number of thioether (sulfide) groups is 2. The molecule has 8 nitrogen and oxygen atoms in total. The molecule has 0 aromatic heterocycles. The number of likely N-dealkylation sites (tertiary alicyclic amines) is 1. The molecule has 1 aromatic carbocycles. The van der Waals surface area contributed by atoms with E-state index < -0.39 is 23.8 Å². The van der Waals surface area contributed by atoms with E-state index in [0.717, 1.165) is 43.8 Å². The molecular weight excluding hydrogens is 575 g/mol. The van der Waals surface area contributed by atoms with Crippen molar-refractivity contribution in [2.45, 2.75) is 96.0 Å². The van der Waals surface area contributed by atoms with E-state index in [1.807, 2.05) is 12.1 Å². The molecule has 42 heavy (non-hydrogen) atoms. The van der Waals surface area contributed by atoms with Crippen LogP contribution in [-0.4, -0.2) is 87.7 Å². The van der Waals surface area contributed by atoms with Crippen molar-refractivity contribution in [2.75, 3.05) is 36.2 Å². The third-order valence-corrected chi connectivity index (χ3v) is 10.4. The van der Waals surface area contributed by atoms with Crippen LogP contribution in [0.25, 0.3) is 0 Å². The van der Waals surface area contributed by atoms with Crippen LogP contribution in [0.3, 0.4) is 0 Å². The van der Waals surface area contributed by atoms with Crippen molar-refractivity contribution in [3.8, 4) is 0 Å². The summed E-state index contributed by atoms with van der Waals surface area (Å²) < 4.78 is 18.8. The van der Waals surface area contributed by atoms with Crippen LogP contribution in [0.2, 0.25) is 0 Å². The van der Waals surface area contributed by atoms with Gasteiger partial charge in [-0.25, -0.2) is 9.18 Å². The predicted octanol–water partition coefficient (Wildman–Crippen LogP) is 5.01. The summed E-state index contributed by atoms with van der Waals surface area (Å²) in [5, 5.41) is 6.21. The van der Waals surface area contributed by atoms with E-state index in [1.54, 1.807) is 32.5 Å². The summed E-state index contributed by atoms with van der Waals surface area (Å²) >= 11 is 3.25. The number of halogens is 1. The maximum absolute atomic E-state index is 13.6. The molecule has 0 spiro atoms. The SMILES string of the molecule is CC(C)(C)OC(=O)N1CSC[C@H]1C(=O)N[C@@H](CSCC1CCCCC1)C(=O)NC1CCN(Cc2ccc(F)cc2)CC1. The van der Waals surface area contributed by atoms with Crippen LogP contribution in [0.5, 0.6) is 0 Å². The number of hydrogen-bond donors (Lipinski definition) is 2. The van der Waals surface area contributed by atoms with Gasteiger partial charge in [-0.3, -0.25) is 19.4 Å². The Morgan fingerprint density at radius 2 is 1.76 bits per heavy atom. The van der Waals surface area contributed by atoms with Gasteiger partial charge in [0.1, 0.15) is 23.5 Å². The second-order valence-electron chi connectivity index (χ2n) is 12.8. The average molecular weight is 623 g/mol. The number of nitrogens with zero attached hydrogens (tertiary/aromatic N) is 2. The van der Waals surface area contributed by atoms with Crippen LogP contribution >= 0.6 is 23.5 Å². The minimum absolute atomic E-state index is 0.0324. The van der Waals surface area contributed by atoms with E-state index in [4.69, 9.17) is 4.74 Å². The molecule has 0 bridgehead atoms. The minimum atomic E-state index is -0.672. The molecule has 1 aromatic rings. The van der Waals surface area contributed by atoms with Crippen molar-refractivity contribution in [2.24, 2.45) is 5.92 Å². The number of amides is 3. The molecule has 3 fully saturated rings. The second-order valence-corrected chi connectivity index (χ2v) is 14.8. The number of rotatable bonds is 10. The van der Waals surface area contributed by atoms with Crippen molar-refractivity contribution < 1.29 is 23.5 Å². The summed E-state index contributed by atoms with van der Waals surface area (Å²) in [6.45, 7) is 7.84. The lowest BCUT2D eigenvalue weighted by atomic mass is 9.91. The fourth-order valence-electron chi connectivity index (χ4n) is 5.70. The Morgan fingerprint density at radius 3 is 2.43 bits per heavy atom. The maximum Gasteiger partial charge on any atom is 0.411 e. The first-order chi connectivity index (χ1) is 20.1. The number of piperidine rings is 1. The lowest BCUT2D eigenvalue weighted by molar-refractivity contribution is -0.131. The molecule has 2 atom stereocenters. The molecule has 11 heteroatoms. The van der Waals surface area contributed by atoms with Crippen molar-refractivity contribution in [1.82, 2.24) is 20.4 Å². The zero-order valence-electron chi connectivity index (χ0n) is 25.2. The highest BCUT2D eigenvalue weighted by Gasteiger charge is 2.39. The van der Waals surface area contributed by atoms with Gasteiger partial charge >= 0.3 is 6.09 Å². The number of ether oxygens (including phenoxy) is 1. The fraction of sp³-hybridized carbons (Fsp3) is 0.710. The number of hydrogen-bond acceptors (Lipinski definition) is 7. The Kier molecular flexibility index (Phi) is 12.3. The Bertz CT molecular complexity index is 1040. The van der Waals surface area contributed by atoms with E-state index in [-0.39, 0.29) is 23.7 Å². The molecule has 0 radical (unpaired) electrons. The van der Waals surface area contributed by atoms with Gasteiger partial charge in [0.05, 0.1) is 5.88 Å². The summed E-state index contributed by atoms with van der Waals surface area (Å²) in [7, 11) is 0. The Morgan fingerprint density at radius 1 is 1.07 bits per heavy atom. The van der Waals surface area contributed by atoms with Crippen molar-refractivity contribution in [3.63, 3.8) is 0 Å². The van der Waals surface area contributed by atoms with Crippen molar-refractivity contribution in [1.29, 1.82) is 0 Å². The maximum atomic E-state index is 13.6. The molecule has 4 rings (SSSR count). The molecule has 3 aliphatic rings. The molecule has 2 N–H and O–H groups in total. The van der Waals surface area contributed by atoms with Crippen LogP contribution in [0.15, 0.2) is 24.3 Å². The lowest BCUT2D eigenvalue weighted by Gasteiger charge is -2.33. The van der Waals surface area contributed by atoms with E-state index in [2.05, 4.69) is 15.5 Å². The summed E-state index contributed by atoms with van der Waals surface area (Å²) in [6, 6.07) is 5.29. The van der Waals surface area contributed by atoms with Gasteiger partial charge in [-0.2, -0.15) is 11.8 Å². The molecule has 2 saturated heterocycles. The van der Waals surface area contributed by atoms with Crippen molar-refractivity contribution >= 4 is 41.4 Å². The number of nitrogens with one attached hydrogen (secondary N) is 2. The van der Waals surface area contributed by atoms with Crippen LogP contribution in [0.4, 0.5) is 9.18 Å². The highest BCUT2D eigenvalue weighted by molar-refractivity contribution is 7.99. The largest absolute Gasteiger partial charge is 0.444 e. The molecule has 234 valence electrons. The third kappa shape index (κ3) is 10.3. The highest BCUT2D eigenvalue weighted by atomic mass is 32.2. The number of carbonyl (C=O) groups excluding carboxylic acids is 3. The summed E-state index contributed by atoms with van der Waals surface area (Å²) in [5.41, 5.74) is 0.417. The summed E-state index contributed by atoms with van der Waals surface area (Å²) in [5.74, 6) is 2.32. The lowest BCUT2D eigenvalue weighted by Crippen LogP contribution is -2.57. The third-order valence-electron chi connectivity index (χ3n) is 8.06. The Hall–Kier alpha value is -1.98. The van der Waals surface area contributed by atoms with Crippen LogP contribution in [0.1, 0.15) is 71.3 Å². The summed E-state index contributed by atoms with van der Waals surface area (Å²) in [4.78, 5) is 43.5. The number of carbonyl (C=O) groups is 3. The zero-order valence-corrected chi connectivity index (χ0v) is 26.9. The molecule has 2 heterocycles. The Balaban J connectivity index is 1.32. The van der Waals surface area contributed by atoms with Crippen LogP contribution < -0.4 is 10.6 Å². The molecule has 1 saturated carbocycles. The molecule has 1 aliphatic carbocycles. The monoisotopic (exact) mass is 622 g/mol. The van der Waals surface area contributed by atoms with E-state index in [0.29, 0.717) is 23.3 Å². The quantitative estimate of drug-likeness (QED) is 0.379. The predicted molar refractivity (Wildman–Crippen MR) is 168 cm³/mol. The van der Waals surface area contributed by atoms with Gasteiger partial charge in [0.15, 0.2) is 0 Å². The molecule has 3 amide bonds. The fourth-order valence-corrected chi connectivity index (χ4v) is 8.12. The summed E-state index contributed by atoms with van der Waals surface area (Å²) in [6.07, 6.45) is 7.43. The van der Waals surface area contributed by atoms with Crippen LogP contribution in [0, 0.1) is 11.7 Å². The first-order valence-corrected chi connectivity index (χ1v) is 17.6. The molecule has 2 aliphatic heterocycles.